The van der Waals surface area contributed by atoms with E-state index in [0.717, 1.165) is 0 Å². The second-order valence-corrected chi connectivity index (χ2v) is 6.05. The number of amides is 1. The van der Waals surface area contributed by atoms with Crippen molar-refractivity contribution in [1.29, 1.82) is 0 Å². The van der Waals surface area contributed by atoms with Crippen molar-refractivity contribution < 1.29 is 32.5 Å². The highest BCUT2D eigenvalue weighted by molar-refractivity contribution is 14.1. The van der Waals surface area contributed by atoms with Gasteiger partial charge in [-0.1, -0.05) is 0 Å². The fourth-order valence-corrected chi connectivity index (χ4v) is 2.85. The van der Waals surface area contributed by atoms with Crippen molar-refractivity contribution in [3.63, 3.8) is 0 Å². The Kier molecular flexibility index (Phi) is 6.83. The summed E-state index contributed by atoms with van der Waals surface area (Å²) in [6, 6.07) is 7.40. The van der Waals surface area contributed by atoms with Crippen molar-refractivity contribution in [3.8, 4) is 23.0 Å². The van der Waals surface area contributed by atoms with Gasteiger partial charge in [-0.15, -0.1) is 0 Å². The van der Waals surface area contributed by atoms with Gasteiger partial charge in [-0.2, -0.15) is 8.78 Å². The van der Waals surface area contributed by atoms with Crippen LogP contribution < -0.4 is 24.3 Å². The number of nitrogens with one attached hydrogen (secondary N) is 1. The molecule has 9 heteroatoms. The Labute approximate surface area is 162 Å². The van der Waals surface area contributed by atoms with Crippen LogP contribution in [0.25, 0.3) is 0 Å². The van der Waals surface area contributed by atoms with Crippen LogP contribution in [0.4, 0.5) is 14.5 Å². The molecule has 0 unspecified atom stereocenters. The first kappa shape index (κ1) is 20.0. The van der Waals surface area contributed by atoms with Crippen LogP contribution in [0.15, 0.2) is 30.3 Å². The third-order valence-electron chi connectivity index (χ3n) is 3.36. The van der Waals surface area contributed by atoms with Gasteiger partial charge in [0.1, 0.15) is 0 Å². The Bertz CT molecular complexity index is 801. The van der Waals surface area contributed by atoms with E-state index in [4.69, 9.17) is 14.2 Å². The molecule has 0 saturated carbocycles. The number of rotatable bonds is 7. The third-order valence-corrected chi connectivity index (χ3v) is 4.25. The lowest BCUT2D eigenvalue weighted by atomic mass is 10.1. The molecule has 0 atom stereocenters. The van der Waals surface area contributed by atoms with Crippen LogP contribution in [-0.2, 0) is 0 Å². The minimum Gasteiger partial charge on any atom is -0.493 e. The first-order chi connectivity index (χ1) is 12.4. The van der Waals surface area contributed by atoms with Gasteiger partial charge in [-0.05, 0) is 46.9 Å². The summed E-state index contributed by atoms with van der Waals surface area (Å²) >= 11 is 1.99. The molecule has 0 heterocycles. The molecule has 0 radical (unpaired) electrons. The lowest BCUT2D eigenvalue weighted by molar-refractivity contribution is -0.0511. The minimum absolute atomic E-state index is 0.129. The van der Waals surface area contributed by atoms with Crippen molar-refractivity contribution >= 4 is 34.2 Å². The molecule has 6 nitrogen and oxygen atoms in total. The van der Waals surface area contributed by atoms with Gasteiger partial charge >= 0.3 is 6.61 Å². The predicted molar refractivity (Wildman–Crippen MR) is 99.8 cm³/mol. The third kappa shape index (κ3) is 4.65. The highest BCUT2D eigenvalue weighted by atomic mass is 127. The quantitative estimate of drug-likeness (QED) is 0.605. The lowest BCUT2D eigenvalue weighted by Crippen LogP contribution is -2.14. The molecule has 26 heavy (non-hydrogen) atoms. The second-order valence-electron chi connectivity index (χ2n) is 4.89. The Morgan fingerprint density at radius 1 is 0.962 bits per heavy atom. The number of benzene rings is 2. The minimum atomic E-state index is -3.01. The monoisotopic (exact) mass is 479 g/mol. The number of hydrogen-bond donors (Lipinski definition) is 1. The normalized spacial score (nSPS) is 10.4. The SMILES string of the molecule is COc1cc(I)c(C(=O)Nc2ccc(OC)c(OC(F)F)c2)cc1OC. The van der Waals surface area contributed by atoms with Gasteiger partial charge in [0.2, 0.25) is 0 Å². The van der Waals surface area contributed by atoms with Gasteiger partial charge in [0, 0.05) is 15.3 Å². The van der Waals surface area contributed by atoms with Crippen LogP contribution in [0.5, 0.6) is 23.0 Å². The van der Waals surface area contributed by atoms with Crippen LogP contribution >= 0.6 is 22.6 Å². The van der Waals surface area contributed by atoms with Gasteiger partial charge < -0.3 is 24.3 Å². The van der Waals surface area contributed by atoms with Crippen LogP contribution in [-0.4, -0.2) is 33.8 Å². The molecule has 0 spiro atoms. The molecule has 0 fully saturated rings. The molecule has 0 saturated heterocycles. The average Bonchev–Trinajstić information content (AvgIpc) is 2.61. The standard InChI is InChI=1S/C17H16F2INO5/c1-23-12-5-4-9(6-15(12)26-17(18)19)21-16(22)10-7-13(24-2)14(25-3)8-11(10)20/h4-8,17H,1-3H3,(H,21,22). The Morgan fingerprint density at radius 3 is 2.15 bits per heavy atom. The lowest BCUT2D eigenvalue weighted by Gasteiger charge is -2.14. The van der Waals surface area contributed by atoms with Crippen LogP contribution in [0, 0.1) is 3.57 Å². The van der Waals surface area contributed by atoms with E-state index in [2.05, 4.69) is 10.1 Å². The van der Waals surface area contributed by atoms with E-state index in [-0.39, 0.29) is 17.2 Å². The van der Waals surface area contributed by atoms with Crippen LogP contribution in [0.3, 0.4) is 0 Å². The van der Waals surface area contributed by atoms with E-state index < -0.39 is 12.5 Å². The number of hydrogen-bond acceptors (Lipinski definition) is 5. The molecule has 2 aromatic carbocycles. The molecular formula is C17H16F2INO5. The Balaban J connectivity index is 2.30. The molecule has 2 rings (SSSR count). The summed E-state index contributed by atoms with van der Waals surface area (Å²) in [6.07, 6.45) is 0. The second kappa shape index (κ2) is 8.88. The number of methoxy groups -OCH3 is 3. The zero-order valence-corrected chi connectivity index (χ0v) is 16.3. The molecule has 2 aromatic rings. The fourth-order valence-electron chi connectivity index (χ4n) is 2.17. The van der Waals surface area contributed by atoms with Gasteiger partial charge in [0.25, 0.3) is 5.91 Å². The number of alkyl halides is 2. The van der Waals surface area contributed by atoms with Crippen LogP contribution in [0.2, 0.25) is 0 Å². The highest BCUT2D eigenvalue weighted by Gasteiger charge is 2.17. The molecule has 140 valence electrons. The first-order valence-corrected chi connectivity index (χ1v) is 8.33. The van der Waals surface area contributed by atoms with Gasteiger partial charge in [-0.25, -0.2) is 0 Å². The molecular weight excluding hydrogens is 463 g/mol. The molecule has 0 aliphatic heterocycles. The Hall–Kier alpha value is -2.30. The van der Waals surface area contributed by atoms with Gasteiger partial charge in [-0.3, -0.25) is 4.79 Å². The number of carbonyl (C=O) groups is 1. The smallest absolute Gasteiger partial charge is 0.387 e. The van der Waals surface area contributed by atoms with Crippen molar-refractivity contribution in [2.45, 2.75) is 6.61 Å². The van der Waals surface area contributed by atoms with E-state index in [1.807, 2.05) is 22.6 Å². The largest absolute Gasteiger partial charge is 0.493 e. The maximum atomic E-state index is 12.6. The average molecular weight is 479 g/mol. The first-order valence-electron chi connectivity index (χ1n) is 7.25. The topological polar surface area (TPSA) is 66.0 Å². The van der Waals surface area contributed by atoms with E-state index in [1.165, 1.54) is 45.6 Å². The molecule has 0 aromatic heterocycles. The summed E-state index contributed by atoms with van der Waals surface area (Å²) in [7, 11) is 4.29. The summed E-state index contributed by atoms with van der Waals surface area (Å²) in [4.78, 5) is 12.6. The number of halogens is 3. The van der Waals surface area contributed by atoms with Crippen molar-refractivity contribution in [1.82, 2.24) is 0 Å². The summed E-state index contributed by atoms with van der Waals surface area (Å²) in [6.45, 7) is -3.01. The summed E-state index contributed by atoms with van der Waals surface area (Å²) < 4.78 is 45.4. The van der Waals surface area contributed by atoms with E-state index in [9.17, 15) is 13.6 Å². The molecule has 0 aliphatic rings. The molecule has 1 amide bonds. The maximum absolute atomic E-state index is 12.6. The van der Waals surface area contributed by atoms with E-state index >= 15 is 0 Å². The molecule has 0 bridgehead atoms. The number of anilines is 1. The van der Waals surface area contributed by atoms with Crippen molar-refractivity contribution in [2.24, 2.45) is 0 Å². The van der Waals surface area contributed by atoms with E-state index in [0.29, 0.717) is 20.6 Å². The summed E-state index contributed by atoms with van der Waals surface area (Å²) in [5, 5.41) is 2.63. The number of ether oxygens (including phenoxy) is 4. The summed E-state index contributed by atoms with van der Waals surface area (Å²) in [5.74, 6) is 0.398. The highest BCUT2D eigenvalue weighted by Crippen LogP contribution is 2.33. The van der Waals surface area contributed by atoms with Crippen LogP contribution in [0.1, 0.15) is 10.4 Å². The maximum Gasteiger partial charge on any atom is 0.387 e. The van der Waals surface area contributed by atoms with Gasteiger partial charge in [0.05, 0.1) is 26.9 Å². The van der Waals surface area contributed by atoms with E-state index in [1.54, 1.807) is 6.07 Å². The Morgan fingerprint density at radius 2 is 1.58 bits per heavy atom. The molecule has 1 N–H and O–H groups in total. The zero-order chi connectivity index (χ0) is 19.3. The van der Waals surface area contributed by atoms with Gasteiger partial charge in [0.15, 0.2) is 23.0 Å². The van der Waals surface area contributed by atoms with Crippen molar-refractivity contribution in [3.05, 3.63) is 39.5 Å². The fraction of sp³-hybridized carbons (Fsp3) is 0.235. The molecule has 0 aliphatic carbocycles. The summed E-state index contributed by atoms with van der Waals surface area (Å²) in [5.41, 5.74) is 0.618. The zero-order valence-electron chi connectivity index (χ0n) is 14.1. The van der Waals surface area contributed by atoms with Crippen molar-refractivity contribution in [2.75, 3.05) is 26.6 Å². The predicted octanol–water partition coefficient (Wildman–Crippen LogP) is 4.17. The number of carbonyl (C=O) groups excluding carboxylic acids is 1.